The summed E-state index contributed by atoms with van der Waals surface area (Å²) in [5, 5.41) is 3.42. The van der Waals surface area contributed by atoms with Gasteiger partial charge in [0, 0.05) is 19.6 Å². The molecule has 0 saturated carbocycles. The third-order valence-electron chi connectivity index (χ3n) is 3.07. The molecule has 0 aromatic heterocycles. The van der Waals surface area contributed by atoms with Crippen LogP contribution in [-0.2, 0) is 4.74 Å². The van der Waals surface area contributed by atoms with Crippen LogP contribution in [0.3, 0.4) is 0 Å². The zero-order chi connectivity index (χ0) is 13.1. The average Bonchev–Trinajstić information content (AvgIpc) is 2.09. The molecular formula is C14H30N2O. The molecule has 1 unspecified atom stereocenters. The minimum atomic E-state index is -0.0281. The Morgan fingerprint density at radius 2 is 1.71 bits per heavy atom. The van der Waals surface area contributed by atoms with E-state index in [1.165, 1.54) is 0 Å². The molecule has 1 rings (SSSR count). The maximum Gasteiger partial charge on any atom is 0.0760 e. The molecule has 1 aliphatic rings. The average molecular weight is 242 g/mol. The minimum absolute atomic E-state index is 0.0281. The van der Waals surface area contributed by atoms with E-state index in [1.54, 1.807) is 0 Å². The summed E-state index contributed by atoms with van der Waals surface area (Å²) in [6, 6.07) is 0. The lowest BCUT2D eigenvalue weighted by molar-refractivity contribution is -0.181. The van der Waals surface area contributed by atoms with E-state index in [4.69, 9.17) is 4.74 Å². The SMILES string of the molecule is CCNCC(C)CN1CC(C)(C)OC(C)(C)C1. The Balaban J connectivity index is 2.47. The second-order valence-corrected chi connectivity index (χ2v) is 6.70. The van der Waals surface area contributed by atoms with Gasteiger partial charge in [0.05, 0.1) is 11.2 Å². The summed E-state index contributed by atoms with van der Waals surface area (Å²) in [7, 11) is 0. The molecule has 3 nitrogen and oxygen atoms in total. The van der Waals surface area contributed by atoms with Gasteiger partial charge in [-0.1, -0.05) is 13.8 Å². The van der Waals surface area contributed by atoms with E-state index in [0.717, 1.165) is 32.7 Å². The highest BCUT2D eigenvalue weighted by atomic mass is 16.5. The van der Waals surface area contributed by atoms with E-state index in [9.17, 15) is 0 Å². The second-order valence-electron chi connectivity index (χ2n) is 6.70. The van der Waals surface area contributed by atoms with Gasteiger partial charge in [-0.15, -0.1) is 0 Å². The van der Waals surface area contributed by atoms with Crippen LogP contribution < -0.4 is 5.32 Å². The molecule has 1 fully saturated rings. The number of nitrogens with one attached hydrogen (secondary N) is 1. The van der Waals surface area contributed by atoms with Crippen molar-refractivity contribution in [1.29, 1.82) is 0 Å². The molecule has 3 heteroatoms. The fourth-order valence-corrected chi connectivity index (χ4v) is 2.97. The van der Waals surface area contributed by atoms with Crippen molar-refractivity contribution in [2.45, 2.75) is 52.7 Å². The second kappa shape index (κ2) is 5.68. The summed E-state index contributed by atoms with van der Waals surface area (Å²) in [5.41, 5.74) is -0.0562. The first-order chi connectivity index (χ1) is 7.74. The monoisotopic (exact) mass is 242 g/mol. The molecular weight excluding hydrogens is 212 g/mol. The van der Waals surface area contributed by atoms with E-state index >= 15 is 0 Å². The smallest absolute Gasteiger partial charge is 0.0760 e. The van der Waals surface area contributed by atoms with Crippen molar-refractivity contribution in [3.8, 4) is 0 Å². The number of hydrogen-bond donors (Lipinski definition) is 1. The van der Waals surface area contributed by atoms with Crippen molar-refractivity contribution >= 4 is 0 Å². The summed E-state index contributed by atoms with van der Waals surface area (Å²) in [5.74, 6) is 0.694. The van der Waals surface area contributed by atoms with Gasteiger partial charge in [0.2, 0.25) is 0 Å². The molecule has 1 N–H and O–H groups in total. The Labute approximate surface area is 107 Å². The molecule has 17 heavy (non-hydrogen) atoms. The normalized spacial score (nSPS) is 25.8. The van der Waals surface area contributed by atoms with E-state index in [-0.39, 0.29) is 11.2 Å². The van der Waals surface area contributed by atoms with Crippen molar-refractivity contribution in [3.63, 3.8) is 0 Å². The predicted octanol–water partition coefficient (Wildman–Crippen LogP) is 2.12. The third kappa shape index (κ3) is 5.36. The standard InChI is InChI=1S/C14H30N2O/c1-7-15-8-12(2)9-16-10-13(3,4)17-14(5,6)11-16/h12,15H,7-11H2,1-6H3. The molecule has 0 aliphatic carbocycles. The van der Waals surface area contributed by atoms with Gasteiger partial charge in [-0.3, -0.25) is 4.90 Å². The fraction of sp³-hybridized carbons (Fsp3) is 1.00. The summed E-state index contributed by atoms with van der Waals surface area (Å²) in [6.45, 7) is 18.6. The van der Waals surface area contributed by atoms with Crippen molar-refractivity contribution in [2.75, 3.05) is 32.7 Å². The van der Waals surface area contributed by atoms with Crippen LogP contribution in [0.2, 0.25) is 0 Å². The highest BCUT2D eigenvalue weighted by molar-refractivity contribution is 4.89. The van der Waals surface area contributed by atoms with E-state index in [1.807, 2.05) is 0 Å². The van der Waals surface area contributed by atoms with E-state index in [2.05, 4.69) is 51.8 Å². The maximum absolute atomic E-state index is 6.10. The van der Waals surface area contributed by atoms with E-state index < -0.39 is 0 Å². The lowest BCUT2D eigenvalue weighted by Gasteiger charge is -2.47. The van der Waals surface area contributed by atoms with Gasteiger partial charge in [-0.2, -0.15) is 0 Å². The summed E-state index contributed by atoms with van der Waals surface area (Å²) < 4.78 is 6.10. The first kappa shape index (κ1) is 14.9. The molecule has 1 aliphatic heterocycles. The van der Waals surface area contributed by atoms with Crippen molar-refractivity contribution in [1.82, 2.24) is 10.2 Å². The molecule has 1 heterocycles. The molecule has 1 saturated heterocycles. The molecule has 102 valence electrons. The van der Waals surface area contributed by atoms with Crippen LogP contribution in [0.25, 0.3) is 0 Å². The maximum atomic E-state index is 6.10. The Kier molecular flexibility index (Phi) is 4.99. The van der Waals surface area contributed by atoms with Gasteiger partial charge >= 0.3 is 0 Å². The van der Waals surface area contributed by atoms with Gasteiger partial charge < -0.3 is 10.1 Å². The van der Waals surface area contributed by atoms with Gasteiger partial charge in [-0.05, 0) is 46.7 Å². The largest absolute Gasteiger partial charge is 0.367 e. The van der Waals surface area contributed by atoms with Gasteiger partial charge in [0.1, 0.15) is 0 Å². The topological polar surface area (TPSA) is 24.5 Å². The number of ether oxygens (including phenoxy) is 1. The highest BCUT2D eigenvalue weighted by Gasteiger charge is 2.38. The Hall–Kier alpha value is -0.120. The number of hydrogen-bond acceptors (Lipinski definition) is 3. The molecule has 0 aromatic rings. The van der Waals surface area contributed by atoms with Gasteiger partial charge in [0.15, 0.2) is 0 Å². The summed E-state index contributed by atoms with van der Waals surface area (Å²) >= 11 is 0. The van der Waals surface area contributed by atoms with Crippen LogP contribution >= 0.6 is 0 Å². The molecule has 0 aromatic carbocycles. The summed E-state index contributed by atoms with van der Waals surface area (Å²) in [4.78, 5) is 2.55. The van der Waals surface area contributed by atoms with Crippen molar-refractivity contribution in [2.24, 2.45) is 5.92 Å². The minimum Gasteiger partial charge on any atom is -0.367 e. The van der Waals surface area contributed by atoms with Crippen LogP contribution in [0, 0.1) is 5.92 Å². The summed E-state index contributed by atoms with van der Waals surface area (Å²) in [6.07, 6.45) is 0. The Morgan fingerprint density at radius 3 is 2.18 bits per heavy atom. The Morgan fingerprint density at radius 1 is 1.18 bits per heavy atom. The predicted molar refractivity (Wildman–Crippen MR) is 73.4 cm³/mol. The fourth-order valence-electron chi connectivity index (χ4n) is 2.97. The Bertz CT molecular complexity index is 222. The number of nitrogens with zero attached hydrogens (tertiary/aromatic N) is 1. The van der Waals surface area contributed by atoms with Crippen LogP contribution in [0.4, 0.5) is 0 Å². The highest BCUT2D eigenvalue weighted by Crippen LogP contribution is 2.28. The van der Waals surface area contributed by atoms with Crippen molar-refractivity contribution < 1.29 is 4.74 Å². The van der Waals surface area contributed by atoms with Gasteiger partial charge in [-0.25, -0.2) is 0 Å². The lowest BCUT2D eigenvalue weighted by atomic mass is 9.98. The first-order valence-corrected chi connectivity index (χ1v) is 6.87. The molecule has 0 bridgehead atoms. The van der Waals surface area contributed by atoms with Crippen LogP contribution in [0.15, 0.2) is 0 Å². The van der Waals surface area contributed by atoms with Crippen molar-refractivity contribution in [3.05, 3.63) is 0 Å². The first-order valence-electron chi connectivity index (χ1n) is 6.87. The zero-order valence-corrected chi connectivity index (χ0v) is 12.5. The van der Waals surface area contributed by atoms with E-state index in [0.29, 0.717) is 5.92 Å². The quantitative estimate of drug-likeness (QED) is 0.799. The third-order valence-corrected chi connectivity index (χ3v) is 3.07. The molecule has 1 atom stereocenters. The molecule has 0 radical (unpaired) electrons. The molecule has 0 spiro atoms. The van der Waals surface area contributed by atoms with Crippen LogP contribution in [0.5, 0.6) is 0 Å². The number of rotatable bonds is 5. The number of morpholine rings is 1. The van der Waals surface area contributed by atoms with Gasteiger partial charge in [0.25, 0.3) is 0 Å². The van der Waals surface area contributed by atoms with Crippen LogP contribution in [-0.4, -0.2) is 48.8 Å². The molecule has 0 amide bonds. The lowest BCUT2D eigenvalue weighted by Crippen LogP contribution is -2.58. The van der Waals surface area contributed by atoms with Crippen LogP contribution in [0.1, 0.15) is 41.5 Å². The zero-order valence-electron chi connectivity index (χ0n) is 12.5.